The molecule has 2 fully saturated rings. The number of hydrogen-bond donors (Lipinski definition) is 0. The number of aryl methyl sites for hydroxylation is 1. The molecule has 0 aliphatic carbocycles. The highest BCUT2D eigenvalue weighted by molar-refractivity contribution is 5.94. The second-order valence-corrected chi connectivity index (χ2v) is 9.05. The summed E-state index contributed by atoms with van der Waals surface area (Å²) in [7, 11) is 1.62. The third-order valence-corrected chi connectivity index (χ3v) is 7.04. The Balaban J connectivity index is 1.16. The quantitative estimate of drug-likeness (QED) is 0.590. The first kappa shape index (κ1) is 22.5. The van der Waals surface area contributed by atoms with E-state index in [0.717, 1.165) is 80.4 Å². The van der Waals surface area contributed by atoms with Crippen LogP contribution in [0.2, 0.25) is 0 Å². The Hall–Kier alpha value is -3.26. The number of piperidine rings is 1. The summed E-state index contributed by atoms with van der Waals surface area (Å²) in [6.45, 7) is 6.96. The van der Waals surface area contributed by atoms with Crippen LogP contribution in [0.25, 0.3) is 10.9 Å². The van der Waals surface area contributed by atoms with Gasteiger partial charge in [0, 0.05) is 56.3 Å². The summed E-state index contributed by atoms with van der Waals surface area (Å²) in [5.41, 5.74) is 2.29. The van der Waals surface area contributed by atoms with Crippen LogP contribution in [0.3, 0.4) is 0 Å². The van der Waals surface area contributed by atoms with Gasteiger partial charge in [-0.05, 0) is 62.2 Å². The van der Waals surface area contributed by atoms with E-state index >= 15 is 0 Å². The lowest BCUT2D eigenvalue weighted by molar-refractivity contribution is 0.0540. The Bertz CT molecular complexity index is 1170. The minimum atomic E-state index is -0.265. The zero-order valence-corrected chi connectivity index (χ0v) is 19.7. The summed E-state index contributed by atoms with van der Waals surface area (Å²) in [6, 6.07) is 12.5. The minimum absolute atomic E-state index is 0.0841. The molecule has 7 nitrogen and oxygen atoms in total. The average molecular weight is 464 g/mol. The van der Waals surface area contributed by atoms with E-state index in [1.807, 2.05) is 36.1 Å². The van der Waals surface area contributed by atoms with Crippen LogP contribution in [-0.2, 0) is 0 Å². The number of benzene rings is 2. The van der Waals surface area contributed by atoms with Crippen molar-refractivity contribution in [2.45, 2.75) is 25.8 Å². The molecule has 5 rings (SSSR count). The molecule has 3 aromatic rings. The number of carbonyl (C=O) groups is 1. The lowest BCUT2D eigenvalue weighted by atomic mass is 10.0. The van der Waals surface area contributed by atoms with Crippen molar-refractivity contribution in [3.05, 3.63) is 59.5 Å². The number of aromatic nitrogens is 2. The molecule has 1 aromatic heterocycles. The number of anilines is 1. The van der Waals surface area contributed by atoms with E-state index in [1.165, 1.54) is 12.1 Å². The van der Waals surface area contributed by atoms with Gasteiger partial charge in [0.05, 0.1) is 18.3 Å². The summed E-state index contributed by atoms with van der Waals surface area (Å²) in [5, 5.41) is 0.765. The highest BCUT2D eigenvalue weighted by atomic mass is 19.1. The lowest BCUT2D eigenvalue weighted by Crippen LogP contribution is -2.54. The van der Waals surface area contributed by atoms with Crippen LogP contribution in [0.5, 0.6) is 5.75 Å². The van der Waals surface area contributed by atoms with Gasteiger partial charge in [0.25, 0.3) is 5.91 Å². The van der Waals surface area contributed by atoms with Gasteiger partial charge < -0.3 is 14.5 Å². The maximum Gasteiger partial charge on any atom is 0.253 e. The maximum atomic E-state index is 13.6. The van der Waals surface area contributed by atoms with Gasteiger partial charge in [-0.15, -0.1) is 0 Å². The monoisotopic (exact) mass is 463 g/mol. The first-order valence-electron chi connectivity index (χ1n) is 11.9. The van der Waals surface area contributed by atoms with Crippen LogP contribution in [0, 0.1) is 12.7 Å². The number of fused-ring (bicyclic) bond motifs is 1. The molecule has 0 N–H and O–H groups in total. The summed E-state index contributed by atoms with van der Waals surface area (Å²) in [4.78, 5) is 28.9. The smallest absolute Gasteiger partial charge is 0.253 e. The van der Waals surface area contributed by atoms with Crippen LogP contribution in [0.4, 0.5) is 10.3 Å². The van der Waals surface area contributed by atoms with Crippen molar-refractivity contribution in [1.82, 2.24) is 19.8 Å². The predicted molar refractivity (Wildman–Crippen MR) is 130 cm³/mol. The summed E-state index contributed by atoms with van der Waals surface area (Å²) >= 11 is 0. The zero-order valence-electron chi connectivity index (χ0n) is 19.7. The van der Waals surface area contributed by atoms with Crippen molar-refractivity contribution in [3.8, 4) is 5.75 Å². The Kier molecular flexibility index (Phi) is 6.32. The van der Waals surface area contributed by atoms with E-state index in [4.69, 9.17) is 4.74 Å². The molecule has 0 radical (unpaired) electrons. The highest BCUT2D eigenvalue weighted by Crippen LogP contribution is 2.25. The SMILES string of the molecule is COc1ccc(C(=O)N2CCN(C3CCN(c4nc(C)c5cc(F)ccc5n4)CC3)CC2)cc1. The van der Waals surface area contributed by atoms with Crippen LogP contribution >= 0.6 is 0 Å². The Labute approximate surface area is 199 Å². The first-order valence-corrected chi connectivity index (χ1v) is 11.9. The molecule has 8 heteroatoms. The third kappa shape index (κ3) is 4.55. The molecule has 178 valence electrons. The van der Waals surface area contributed by atoms with E-state index in [1.54, 1.807) is 13.2 Å². The zero-order chi connectivity index (χ0) is 23.7. The van der Waals surface area contributed by atoms with Crippen molar-refractivity contribution in [3.63, 3.8) is 0 Å². The van der Waals surface area contributed by atoms with E-state index in [2.05, 4.69) is 19.8 Å². The van der Waals surface area contributed by atoms with Gasteiger partial charge in [-0.3, -0.25) is 9.69 Å². The van der Waals surface area contributed by atoms with Gasteiger partial charge in [-0.1, -0.05) is 0 Å². The molecule has 0 saturated carbocycles. The molecule has 2 aromatic carbocycles. The van der Waals surface area contributed by atoms with Crippen LogP contribution < -0.4 is 9.64 Å². The van der Waals surface area contributed by atoms with Gasteiger partial charge in [0.1, 0.15) is 11.6 Å². The molecule has 2 saturated heterocycles. The number of halogens is 1. The number of methoxy groups -OCH3 is 1. The second kappa shape index (κ2) is 9.54. The van der Waals surface area contributed by atoms with Crippen molar-refractivity contribution < 1.29 is 13.9 Å². The predicted octanol–water partition coefficient (Wildman–Crippen LogP) is 3.51. The number of hydrogen-bond acceptors (Lipinski definition) is 6. The van der Waals surface area contributed by atoms with Crippen LogP contribution in [0.1, 0.15) is 28.9 Å². The molecule has 0 spiro atoms. The summed E-state index contributed by atoms with van der Waals surface area (Å²) in [5.74, 6) is 1.30. The molecule has 2 aliphatic heterocycles. The standard InChI is InChI=1S/C26H30FN5O2/c1-18-23-17-20(27)5-8-24(23)29-26(28-18)32-11-9-21(10-12-32)30-13-15-31(16-14-30)25(33)19-3-6-22(34-2)7-4-19/h3-8,17,21H,9-16H2,1-2H3. The third-order valence-electron chi connectivity index (χ3n) is 7.04. The number of piperazine rings is 1. The van der Waals surface area contributed by atoms with Crippen molar-refractivity contribution >= 4 is 22.8 Å². The van der Waals surface area contributed by atoms with E-state index < -0.39 is 0 Å². The molecule has 2 aliphatic rings. The summed E-state index contributed by atoms with van der Waals surface area (Å²) < 4.78 is 18.8. The molecule has 0 unspecified atom stereocenters. The lowest BCUT2D eigenvalue weighted by Gasteiger charge is -2.42. The Morgan fingerprint density at radius 3 is 2.35 bits per heavy atom. The number of carbonyl (C=O) groups excluding carboxylic acids is 1. The number of nitrogens with zero attached hydrogens (tertiary/aromatic N) is 5. The fraction of sp³-hybridized carbons (Fsp3) is 0.423. The topological polar surface area (TPSA) is 61.8 Å². The Morgan fingerprint density at radius 2 is 1.68 bits per heavy atom. The summed E-state index contributed by atoms with van der Waals surface area (Å²) in [6.07, 6.45) is 2.08. The fourth-order valence-electron chi connectivity index (χ4n) is 5.02. The van der Waals surface area contributed by atoms with Crippen molar-refractivity contribution in [2.75, 3.05) is 51.3 Å². The van der Waals surface area contributed by atoms with Crippen LogP contribution in [-0.4, -0.2) is 78.1 Å². The van der Waals surface area contributed by atoms with Gasteiger partial charge in [0.2, 0.25) is 5.95 Å². The van der Waals surface area contributed by atoms with Gasteiger partial charge in [-0.25, -0.2) is 14.4 Å². The largest absolute Gasteiger partial charge is 0.497 e. The molecule has 1 amide bonds. The average Bonchev–Trinajstić information content (AvgIpc) is 2.89. The molecule has 34 heavy (non-hydrogen) atoms. The maximum absolute atomic E-state index is 13.6. The van der Waals surface area contributed by atoms with Crippen molar-refractivity contribution in [1.29, 1.82) is 0 Å². The molecular weight excluding hydrogens is 433 g/mol. The molecule has 0 bridgehead atoms. The Morgan fingerprint density at radius 1 is 0.971 bits per heavy atom. The molecule has 3 heterocycles. The van der Waals surface area contributed by atoms with Gasteiger partial charge in [0.15, 0.2) is 0 Å². The van der Waals surface area contributed by atoms with Gasteiger partial charge in [-0.2, -0.15) is 0 Å². The highest BCUT2D eigenvalue weighted by Gasteiger charge is 2.30. The number of amides is 1. The van der Waals surface area contributed by atoms with Crippen molar-refractivity contribution in [2.24, 2.45) is 0 Å². The van der Waals surface area contributed by atoms with Gasteiger partial charge >= 0.3 is 0 Å². The second-order valence-electron chi connectivity index (χ2n) is 9.05. The molecular formula is C26H30FN5O2. The number of ether oxygens (including phenoxy) is 1. The van der Waals surface area contributed by atoms with E-state index in [0.29, 0.717) is 11.6 Å². The first-order chi connectivity index (χ1) is 16.5. The van der Waals surface area contributed by atoms with Crippen LogP contribution in [0.15, 0.2) is 42.5 Å². The minimum Gasteiger partial charge on any atom is -0.497 e. The molecule has 0 atom stereocenters. The van der Waals surface area contributed by atoms with E-state index in [9.17, 15) is 9.18 Å². The normalized spacial score (nSPS) is 17.9. The van der Waals surface area contributed by atoms with E-state index in [-0.39, 0.29) is 11.7 Å². The number of rotatable bonds is 4. The fourth-order valence-corrected chi connectivity index (χ4v) is 5.02.